The zero-order valence-corrected chi connectivity index (χ0v) is 14.4. The maximum absolute atomic E-state index is 12.8. The lowest BCUT2D eigenvalue weighted by molar-refractivity contribution is -0.120. The third-order valence-electron chi connectivity index (χ3n) is 4.43. The van der Waals surface area contributed by atoms with Crippen molar-refractivity contribution in [3.8, 4) is 0 Å². The largest absolute Gasteiger partial charge is 0.383 e. The smallest absolute Gasteiger partial charge is 0.252 e. The second-order valence-electron chi connectivity index (χ2n) is 6.16. The molecule has 6 nitrogen and oxygen atoms in total. The molecule has 1 aromatic heterocycles. The summed E-state index contributed by atoms with van der Waals surface area (Å²) < 4.78 is 4.89. The molecule has 0 aliphatic heterocycles. The second-order valence-corrected chi connectivity index (χ2v) is 6.16. The minimum Gasteiger partial charge on any atom is -0.383 e. The Bertz CT molecular complexity index is 789. The Kier molecular flexibility index (Phi) is 5.60. The lowest BCUT2D eigenvalue weighted by Crippen LogP contribution is -2.38. The summed E-state index contributed by atoms with van der Waals surface area (Å²) in [5.74, 6) is -0.434. The molecule has 0 unspecified atom stereocenters. The number of carbonyl (C=O) groups is 2. The number of amides is 2. The fourth-order valence-electron chi connectivity index (χ4n) is 3.24. The normalized spacial score (nSPS) is 13.3. The molecular formula is C19H23N3O3. The third kappa shape index (κ3) is 3.96. The molecule has 0 fully saturated rings. The van der Waals surface area contributed by atoms with Gasteiger partial charge in [0, 0.05) is 24.7 Å². The van der Waals surface area contributed by atoms with Crippen LogP contribution in [0.5, 0.6) is 0 Å². The number of pyridine rings is 1. The van der Waals surface area contributed by atoms with E-state index in [1.54, 1.807) is 7.11 Å². The highest BCUT2D eigenvalue weighted by molar-refractivity contribution is 6.08. The molecule has 0 atom stereocenters. The summed E-state index contributed by atoms with van der Waals surface area (Å²) in [5, 5.41) is 6.29. The molecule has 0 spiro atoms. The third-order valence-corrected chi connectivity index (χ3v) is 4.43. The number of carbonyl (C=O) groups excluding carboxylic acids is 2. The van der Waals surface area contributed by atoms with Crippen molar-refractivity contribution >= 4 is 22.7 Å². The molecule has 0 bridgehead atoms. The van der Waals surface area contributed by atoms with Crippen LogP contribution in [0, 0.1) is 0 Å². The van der Waals surface area contributed by atoms with Gasteiger partial charge in [0.15, 0.2) is 0 Å². The van der Waals surface area contributed by atoms with E-state index in [0.717, 1.165) is 47.8 Å². The fourth-order valence-corrected chi connectivity index (χ4v) is 3.24. The van der Waals surface area contributed by atoms with Crippen LogP contribution in [0.4, 0.5) is 0 Å². The lowest BCUT2D eigenvalue weighted by Gasteiger charge is -2.20. The van der Waals surface area contributed by atoms with E-state index in [1.165, 1.54) is 0 Å². The number of ether oxygens (including phenoxy) is 1. The topological polar surface area (TPSA) is 80.3 Å². The number of fused-ring (bicyclic) bond motifs is 2. The number of aryl methyl sites for hydroxylation is 1. The van der Waals surface area contributed by atoms with Crippen LogP contribution in [0.25, 0.3) is 10.9 Å². The fraction of sp³-hybridized carbons (Fsp3) is 0.421. The monoisotopic (exact) mass is 341 g/mol. The molecule has 2 aromatic rings. The Hall–Kier alpha value is -2.47. The van der Waals surface area contributed by atoms with E-state index < -0.39 is 0 Å². The van der Waals surface area contributed by atoms with Crippen molar-refractivity contribution in [3.63, 3.8) is 0 Å². The van der Waals surface area contributed by atoms with Crippen molar-refractivity contribution in [1.82, 2.24) is 15.6 Å². The summed E-state index contributed by atoms with van der Waals surface area (Å²) in [6.07, 6.45) is 3.92. The predicted molar refractivity (Wildman–Crippen MR) is 95.6 cm³/mol. The molecule has 2 amide bonds. The molecule has 1 heterocycles. The van der Waals surface area contributed by atoms with E-state index in [-0.39, 0.29) is 18.4 Å². The summed E-state index contributed by atoms with van der Waals surface area (Å²) in [4.78, 5) is 29.4. The maximum Gasteiger partial charge on any atom is 0.252 e. The van der Waals surface area contributed by atoms with E-state index >= 15 is 0 Å². The van der Waals surface area contributed by atoms with Crippen LogP contribution in [-0.4, -0.2) is 43.6 Å². The summed E-state index contributed by atoms with van der Waals surface area (Å²) >= 11 is 0. The number of methoxy groups -OCH3 is 1. The number of nitrogens with zero attached hydrogens (tertiary/aromatic N) is 1. The van der Waals surface area contributed by atoms with E-state index in [2.05, 4.69) is 10.6 Å². The second kappa shape index (κ2) is 8.07. The number of benzene rings is 1. The van der Waals surface area contributed by atoms with Crippen molar-refractivity contribution < 1.29 is 14.3 Å². The van der Waals surface area contributed by atoms with Gasteiger partial charge in [-0.25, -0.2) is 0 Å². The zero-order valence-electron chi connectivity index (χ0n) is 14.4. The molecule has 0 saturated heterocycles. The van der Waals surface area contributed by atoms with Gasteiger partial charge in [0.05, 0.1) is 24.2 Å². The summed E-state index contributed by atoms with van der Waals surface area (Å²) in [7, 11) is 1.58. The van der Waals surface area contributed by atoms with Crippen molar-refractivity contribution in [2.24, 2.45) is 0 Å². The van der Waals surface area contributed by atoms with Gasteiger partial charge in [-0.3, -0.25) is 14.6 Å². The molecule has 6 heteroatoms. The minimum absolute atomic E-state index is 0.0476. The summed E-state index contributed by atoms with van der Waals surface area (Å²) in [6.45, 7) is 0.828. The van der Waals surface area contributed by atoms with Crippen LogP contribution < -0.4 is 10.6 Å². The molecule has 1 aliphatic carbocycles. The highest BCUT2D eigenvalue weighted by Crippen LogP contribution is 2.29. The Morgan fingerprint density at radius 3 is 2.80 bits per heavy atom. The van der Waals surface area contributed by atoms with Gasteiger partial charge in [0.25, 0.3) is 5.91 Å². The maximum atomic E-state index is 12.8. The lowest BCUT2D eigenvalue weighted by atomic mass is 9.89. The molecule has 0 saturated carbocycles. The van der Waals surface area contributed by atoms with Crippen LogP contribution in [0.2, 0.25) is 0 Å². The zero-order chi connectivity index (χ0) is 17.6. The first-order chi connectivity index (χ1) is 12.2. The van der Waals surface area contributed by atoms with Crippen LogP contribution in [0.1, 0.15) is 34.5 Å². The van der Waals surface area contributed by atoms with Crippen LogP contribution >= 0.6 is 0 Å². The van der Waals surface area contributed by atoms with Crippen LogP contribution in [0.15, 0.2) is 24.3 Å². The highest BCUT2D eigenvalue weighted by atomic mass is 16.5. The van der Waals surface area contributed by atoms with Gasteiger partial charge in [-0.2, -0.15) is 0 Å². The van der Waals surface area contributed by atoms with Gasteiger partial charge in [0.1, 0.15) is 0 Å². The van der Waals surface area contributed by atoms with E-state index in [1.807, 2.05) is 24.3 Å². The number of rotatable bonds is 6. The van der Waals surface area contributed by atoms with Crippen molar-refractivity contribution in [3.05, 3.63) is 41.1 Å². The molecule has 3 rings (SSSR count). The van der Waals surface area contributed by atoms with Gasteiger partial charge in [-0.05, 0) is 37.3 Å². The highest BCUT2D eigenvalue weighted by Gasteiger charge is 2.22. The Morgan fingerprint density at radius 1 is 1.16 bits per heavy atom. The Labute approximate surface area is 147 Å². The van der Waals surface area contributed by atoms with Crippen molar-refractivity contribution in [2.75, 3.05) is 26.8 Å². The molecular weight excluding hydrogens is 318 g/mol. The molecule has 1 aliphatic rings. The van der Waals surface area contributed by atoms with E-state index in [0.29, 0.717) is 18.7 Å². The molecule has 2 N–H and O–H groups in total. The Balaban J connectivity index is 1.82. The first-order valence-electron chi connectivity index (χ1n) is 8.65. The van der Waals surface area contributed by atoms with E-state index in [4.69, 9.17) is 9.72 Å². The van der Waals surface area contributed by atoms with Crippen molar-refractivity contribution in [2.45, 2.75) is 25.7 Å². The Morgan fingerprint density at radius 2 is 1.96 bits per heavy atom. The van der Waals surface area contributed by atoms with Gasteiger partial charge < -0.3 is 15.4 Å². The average Bonchev–Trinajstić information content (AvgIpc) is 2.64. The quantitative estimate of drug-likeness (QED) is 0.782. The van der Waals surface area contributed by atoms with Crippen LogP contribution in [-0.2, 0) is 22.4 Å². The molecule has 25 heavy (non-hydrogen) atoms. The van der Waals surface area contributed by atoms with Gasteiger partial charge in [-0.1, -0.05) is 18.2 Å². The summed E-state index contributed by atoms with van der Waals surface area (Å²) in [6, 6.07) is 7.69. The average molecular weight is 341 g/mol. The molecule has 132 valence electrons. The SMILES string of the molecule is COCCNC(=O)CNC(=O)c1c2c(nc3ccccc13)CCCC2. The predicted octanol–water partition coefficient (Wildman–Crippen LogP) is 1.61. The number of hydrogen-bond donors (Lipinski definition) is 2. The van der Waals surface area contributed by atoms with Gasteiger partial charge >= 0.3 is 0 Å². The van der Waals surface area contributed by atoms with Crippen molar-refractivity contribution in [1.29, 1.82) is 0 Å². The number of nitrogens with one attached hydrogen (secondary N) is 2. The van der Waals surface area contributed by atoms with E-state index in [9.17, 15) is 9.59 Å². The molecule has 1 aromatic carbocycles. The van der Waals surface area contributed by atoms with Crippen LogP contribution in [0.3, 0.4) is 0 Å². The van der Waals surface area contributed by atoms with Gasteiger partial charge in [0.2, 0.25) is 5.91 Å². The van der Waals surface area contributed by atoms with Gasteiger partial charge in [-0.15, -0.1) is 0 Å². The first kappa shape index (κ1) is 17.4. The minimum atomic E-state index is -0.224. The summed E-state index contributed by atoms with van der Waals surface area (Å²) in [5.41, 5.74) is 3.55. The standard InChI is InChI=1S/C19H23N3O3/c1-25-11-10-20-17(23)12-21-19(24)18-13-6-2-4-8-15(13)22-16-9-5-3-7-14(16)18/h2,4,6,8H,3,5,7,9-12H2,1H3,(H,20,23)(H,21,24). The number of hydrogen-bond acceptors (Lipinski definition) is 4. The first-order valence-corrected chi connectivity index (χ1v) is 8.65. The number of aromatic nitrogens is 1. The molecule has 0 radical (unpaired) electrons. The number of para-hydroxylation sites is 1.